The summed E-state index contributed by atoms with van der Waals surface area (Å²) < 4.78 is 5.27. The van der Waals surface area contributed by atoms with E-state index in [0.29, 0.717) is 5.69 Å². The second-order valence-corrected chi connectivity index (χ2v) is 4.14. The summed E-state index contributed by atoms with van der Waals surface area (Å²) in [5.74, 6) is 0.761. The Balaban J connectivity index is 2.12. The maximum absolute atomic E-state index is 12.0. The molecule has 4 N–H and O–H groups in total. The summed E-state index contributed by atoms with van der Waals surface area (Å²) in [6, 6.07) is 8.84. The first-order valence-corrected chi connectivity index (χ1v) is 5.86. The van der Waals surface area contributed by atoms with E-state index in [-0.39, 0.29) is 17.8 Å². The molecular weight excluding hydrogens is 244 g/mol. The lowest BCUT2D eigenvalue weighted by Crippen LogP contribution is -2.27. The molecule has 0 aliphatic rings. The summed E-state index contributed by atoms with van der Waals surface area (Å²) in [6.07, 6.45) is 0. The molecule has 1 atom stereocenters. The van der Waals surface area contributed by atoms with E-state index in [0.717, 1.165) is 11.3 Å². The Morgan fingerprint density at radius 3 is 2.84 bits per heavy atom. The van der Waals surface area contributed by atoms with Gasteiger partial charge in [-0.05, 0) is 13.0 Å². The number of benzene rings is 1. The number of H-pyrrole nitrogens is 1. The summed E-state index contributed by atoms with van der Waals surface area (Å²) in [5.41, 5.74) is 6.70. The summed E-state index contributed by atoms with van der Waals surface area (Å²) in [6.45, 7) is 1.88. The summed E-state index contributed by atoms with van der Waals surface area (Å²) in [7, 11) is 1.60. The third-order valence-corrected chi connectivity index (χ3v) is 2.80. The first-order chi connectivity index (χ1) is 9.11. The number of nitrogens with one attached hydrogen (secondary N) is 2. The van der Waals surface area contributed by atoms with Crippen molar-refractivity contribution in [1.29, 1.82) is 0 Å². The Bertz CT molecular complexity index is 580. The third-order valence-electron chi connectivity index (χ3n) is 2.80. The zero-order valence-corrected chi connectivity index (χ0v) is 10.8. The van der Waals surface area contributed by atoms with Crippen LogP contribution in [0, 0.1) is 0 Å². The number of rotatable bonds is 4. The number of para-hydroxylation sites is 1. The predicted octanol–water partition coefficient (Wildman–Crippen LogP) is 1.49. The average Bonchev–Trinajstić information content (AvgIpc) is 2.85. The van der Waals surface area contributed by atoms with Crippen molar-refractivity contribution in [3.05, 3.63) is 41.6 Å². The van der Waals surface area contributed by atoms with E-state index in [1.54, 1.807) is 7.11 Å². The smallest absolute Gasteiger partial charge is 0.269 e. The number of carbonyl (C=O) groups excluding carboxylic acids is 1. The van der Waals surface area contributed by atoms with E-state index in [1.807, 2.05) is 31.2 Å². The first-order valence-electron chi connectivity index (χ1n) is 5.86. The van der Waals surface area contributed by atoms with Gasteiger partial charge in [-0.15, -0.1) is 0 Å². The van der Waals surface area contributed by atoms with Gasteiger partial charge in [-0.1, -0.05) is 18.2 Å². The van der Waals surface area contributed by atoms with Crippen LogP contribution in [0.2, 0.25) is 0 Å². The number of ether oxygens (including phenoxy) is 1. The van der Waals surface area contributed by atoms with E-state index in [2.05, 4.69) is 15.5 Å². The van der Waals surface area contributed by atoms with Crippen LogP contribution in [0.25, 0.3) is 0 Å². The van der Waals surface area contributed by atoms with E-state index in [9.17, 15) is 4.79 Å². The number of hydrogen-bond donors (Lipinski definition) is 3. The standard InChI is InChI=1S/C13H16N4O2/c1-8(9-5-3-4-6-11(9)19-2)15-13(18)10-7-12(14)17-16-10/h3-8H,1-2H3,(H,15,18)(H3,14,16,17). The van der Waals surface area contributed by atoms with Crippen LogP contribution in [0.1, 0.15) is 29.0 Å². The van der Waals surface area contributed by atoms with Crippen molar-refractivity contribution in [3.63, 3.8) is 0 Å². The van der Waals surface area contributed by atoms with Crippen LogP contribution in [0.5, 0.6) is 5.75 Å². The largest absolute Gasteiger partial charge is 0.496 e. The number of hydrogen-bond acceptors (Lipinski definition) is 4. The number of amides is 1. The van der Waals surface area contributed by atoms with Gasteiger partial charge in [0.15, 0.2) is 0 Å². The highest BCUT2D eigenvalue weighted by molar-refractivity contribution is 5.93. The molecule has 1 amide bonds. The number of carbonyl (C=O) groups is 1. The van der Waals surface area contributed by atoms with Gasteiger partial charge >= 0.3 is 0 Å². The zero-order valence-electron chi connectivity index (χ0n) is 10.8. The lowest BCUT2D eigenvalue weighted by Gasteiger charge is -2.16. The average molecular weight is 260 g/mol. The van der Waals surface area contributed by atoms with Crippen LogP contribution in [-0.2, 0) is 0 Å². The molecule has 1 heterocycles. The first kappa shape index (κ1) is 12.9. The maximum Gasteiger partial charge on any atom is 0.269 e. The SMILES string of the molecule is COc1ccccc1C(C)NC(=O)c1cc(N)n[nH]1. The molecule has 0 aliphatic heterocycles. The van der Waals surface area contributed by atoms with E-state index in [4.69, 9.17) is 10.5 Å². The molecule has 2 rings (SSSR count). The molecule has 2 aromatic rings. The van der Waals surface area contributed by atoms with Gasteiger partial charge < -0.3 is 15.8 Å². The minimum Gasteiger partial charge on any atom is -0.496 e. The number of aromatic nitrogens is 2. The molecule has 0 spiro atoms. The van der Waals surface area contributed by atoms with Gasteiger partial charge in [-0.25, -0.2) is 0 Å². The monoisotopic (exact) mass is 260 g/mol. The Morgan fingerprint density at radius 2 is 2.21 bits per heavy atom. The van der Waals surface area contributed by atoms with Crippen molar-refractivity contribution in [2.45, 2.75) is 13.0 Å². The number of aromatic amines is 1. The number of methoxy groups -OCH3 is 1. The Hall–Kier alpha value is -2.50. The second kappa shape index (κ2) is 5.43. The summed E-state index contributed by atoms with van der Waals surface area (Å²) in [5, 5.41) is 9.15. The highest BCUT2D eigenvalue weighted by Crippen LogP contribution is 2.24. The summed E-state index contributed by atoms with van der Waals surface area (Å²) in [4.78, 5) is 12.0. The van der Waals surface area contributed by atoms with Gasteiger partial charge in [-0.2, -0.15) is 5.10 Å². The Morgan fingerprint density at radius 1 is 1.47 bits per heavy atom. The highest BCUT2D eigenvalue weighted by atomic mass is 16.5. The van der Waals surface area contributed by atoms with Crippen molar-refractivity contribution in [3.8, 4) is 5.75 Å². The van der Waals surface area contributed by atoms with Crippen molar-refractivity contribution in [1.82, 2.24) is 15.5 Å². The van der Waals surface area contributed by atoms with E-state index in [1.165, 1.54) is 6.07 Å². The zero-order chi connectivity index (χ0) is 13.8. The van der Waals surface area contributed by atoms with Gasteiger partial charge in [-0.3, -0.25) is 9.89 Å². The number of anilines is 1. The molecule has 0 bridgehead atoms. The van der Waals surface area contributed by atoms with Gasteiger partial charge in [0.25, 0.3) is 5.91 Å². The van der Waals surface area contributed by atoms with Crippen molar-refractivity contribution < 1.29 is 9.53 Å². The topological polar surface area (TPSA) is 93.0 Å². The fourth-order valence-electron chi connectivity index (χ4n) is 1.83. The quantitative estimate of drug-likeness (QED) is 0.776. The van der Waals surface area contributed by atoms with Gasteiger partial charge in [0.2, 0.25) is 0 Å². The van der Waals surface area contributed by atoms with E-state index < -0.39 is 0 Å². The Kier molecular flexibility index (Phi) is 3.70. The lowest BCUT2D eigenvalue weighted by molar-refractivity contribution is 0.0934. The van der Waals surface area contributed by atoms with Crippen LogP contribution < -0.4 is 15.8 Å². The van der Waals surface area contributed by atoms with Crippen LogP contribution >= 0.6 is 0 Å². The molecule has 1 aromatic heterocycles. The van der Waals surface area contributed by atoms with Crippen LogP contribution in [0.15, 0.2) is 30.3 Å². The number of nitrogens with zero attached hydrogens (tertiary/aromatic N) is 1. The number of nitrogens with two attached hydrogens (primary N) is 1. The van der Waals surface area contributed by atoms with Gasteiger partial charge in [0.05, 0.1) is 13.2 Å². The van der Waals surface area contributed by atoms with Gasteiger partial charge in [0.1, 0.15) is 17.3 Å². The Labute approximate surface area is 111 Å². The number of nitrogen functional groups attached to an aromatic ring is 1. The summed E-state index contributed by atoms with van der Waals surface area (Å²) >= 11 is 0. The van der Waals surface area contributed by atoms with Crippen LogP contribution in [0.3, 0.4) is 0 Å². The van der Waals surface area contributed by atoms with E-state index >= 15 is 0 Å². The second-order valence-electron chi connectivity index (χ2n) is 4.14. The maximum atomic E-state index is 12.0. The molecule has 0 radical (unpaired) electrons. The van der Waals surface area contributed by atoms with Crippen molar-refractivity contribution in [2.24, 2.45) is 0 Å². The fraction of sp³-hybridized carbons (Fsp3) is 0.231. The minimum absolute atomic E-state index is 0.187. The predicted molar refractivity (Wildman–Crippen MR) is 71.9 cm³/mol. The van der Waals surface area contributed by atoms with Crippen LogP contribution in [-0.4, -0.2) is 23.2 Å². The molecule has 1 aromatic carbocycles. The lowest BCUT2D eigenvalue weighted by atomic mass is 10.1. The molecule has 0 saturated carbocycles. The third kappa shape index (κ3) is 2.85. The minimum atomic E-state index is -0.261. The highest BCUT2D eigenvalue weighted by Gasteiger charge is 2.15. The molecule has 0 aliphatic carbocycles. The normalized spacial score (nSPS) is 11.9. The fourth-order valence-corrected chi connectivity index (χ4v) is 1.83. The van der Waals surface area contributed by atoms with Gasteiger partial charge in [0, 0.05) is 11.6 Å². The molecule has 100 valence electrons. The molecule has 0 fully saturated rings. The molecule has 6 nitrogen and oxygen atoms in total. The van der Waals surface area contributed by atoms with Crippen molar-refractivity contribution in [2.75, 3.05) is 12.8 Å². The van der Waals surface area contributed by atoms with Crippen LogP contribution in [0.4, 0.5) is 5.82 Å². The molecule has 6 heteroatoms. The van der Waals surface area contributed by atoms with Crippen molar-refractivity contribution >= 4 is 11.7 Å². The molecule has 0 saturated heterocycles. The molecule has 19 heavy (non-hydrogen) atoms. The molecule has 1 unspecified atom stereocenters. The molecular formula is C13H16N4O2.